The molecule has 1 aromatic rings. The van der Waals surface area contributed by atoms with Crippen LogP contribution in [0.3, 0.4) is 0 Å². The van der Waals surface area contributed by atoms with Crippen molar-refractivity contribution >= 4 is 5.82 Å². The molecule has 14 heavy (non-hydrogen) atoms. The fourth-order valence-corrected chi connectivity index (χ4v) is 1.40. The number of anilines is 1. The summed E-state index contributed by atoms with van der Waals surface area (Å²) in [5.41, 5.74) is 4.94. The minimum atomic E-state index is 0.388. The first-order chi connectivity index (χ1) is 6.66. The minimum Gasteiger partial charge on any atom is -0.275 e. The maximum Gasteiger partial charge on any atom is 0.156 e. The third-order valence-corrected chi connectivity index (χ3v) is 1.97. The average Bonchev–Trinajstić information content (AvgIpc) is 2.14. The number of hydrogen-bond donors (Lipinski definition) is 1. The monoisotopic (exact) mass is 195 g/mol. The number of nitrogens with zero attached hydrogens (tertiary/aromatic N) is 2. The molecule has 0 bridgehead atoms. The van der Waals surface area contributed by atoms with Crippen LogP contribution in [0.4, 0.5) is 5.82 Å². The summed E-state index contributed by atoms with van der Waals surface area (Å²) in [6.45, 7) is 8.75. The van der Waals surface area contributed by atoms with E-state index < -0.39 is 0 Å². The van der Waals surface area contributed by atoms with Crippen LogP contribution in [-0.4, -0.2) is 16.6 Å². The fourth-order valence-electron chi connectivity index (χ4n) is 1.40. The van der Waals surface area contributed by atoms with Gasteiger partial charge in [0.15, 0.2) is 5.82 Å². The largest absolute Gasteiger partial charge is 0.275 e. The number of hydrogen-bond acceptors (Lipinski definition) is 4. The molecule has 0 radical (unpaired) electrons. The lowest BCUT2D eigenvalue weighted by atomic mass is 10.0. The van der Waals surface area contributed by atoms with Crippen molar-refractivity contribution in [3.8, 4) is 0 Å². The Balaban J connectivity index is 2.96. The second-order valence-corrected chi connectivity index (χ2v) is 3.41. The molecule has 0 spiro atoms. The molecule has 0 aliphatic heterocycles. The molecule has 0 saturated carbocycles. The molecule has 0 aromatic carbocycles. The maximum absolute atomic E-state index is 5.13. The predicted molar refractivity (Wildman–Crippen MR) is 56.1 cm³/mol. The Hall–Kier alpha value is -1.16. The molecule has 1 aromatic heterocycles. The molecule has 0 atom stereocenters. The quantitative estimate of drug-likeness (QED) is 0.749. The molecule has 78 valence electrons. The lowest BCUT2D eigenvalue weighted by Gasteiger charge is -2.14. The van der Waals surface area contributed by atoms with Crippen LogP contribution in [-0.2, 0) is 4.84 Å². The zero-order chi connectivity index (χ0) is 10.6. The second-order valence-electron chi connectivity index (χ2n) is 3.41. The second kappa shape index (κ2) is 4.91. The Morgan fingerprint density at radius 2 is 2.14 bits per heavy atom. The van der Waals surface area contributed by atoms with Crippen LogP contribution in [0.5, 0.6) is 0 Å². The summed E-state index contributed by atoms with van der Waals surface area (Å²) >= 11 is 0. The van der Waals surface area contributed by atoms with Crippen molar-refractivity contribution in [2.45, 2.75) is 33.6 Å². The molecule has 0 aliphatic carbocycles. The molecule has 4 nitrogen and oxygen atoms in total. The Bertz CT molecular complexity index is 299. The van der Waals surface area contributed by atoms with Gasteiger partial charge in [-0.1, -0.05) is 13.8 Å². The van der Waals surface area contributed by atoms with Gasteiger partial charge in [-0.15, -0.1) is 0 Å². The van der Waals surface area contributed by atoms with Crippen LogP contribution in [0.1, 0.15) is 37.9 Å². The Kier molecular flexibility index (Phi) is 3.83. The molecule has 0 fully saturated rings. The van der Waals surface area contributed by atoms with Gasteiger partial charge in [-0.2, -0.15) is 0 Å². The summed E-state index contributed by atoms with van der Waals surface area (Å²) in [7, 11) is 0. The van der Waals surface area contributed by atoms with Crippen molar-refractivity contribution in [2.75, 3.05) is 12.1 Å². The smallest absolute Gasteiger partial charge is 0.156 e. The van der Waals surface area contributed by atoms with Crippen molar-refractivity contribution in [3.63, 3.8) is 0 Å². The van der Waals surface area contributed by atoms with E-state index in [9.17, 15) is 0 Å². The first-order valence-corrected chi connectivity index (χ1v) is 4.86. The van der Waals surface area contributed by atoms with Crippen molar-refractivity contribution in [3.05, 3.63) is 17.6 Å². The van der Waals surface area contributed by atoms with Crippen molar-refractivity contribution in [2.24, 2.45) is 0 Å². The zero-order valence-electron chi connectivity index (χ0n) is 9.16. The summed E-state index contributed by atoms with van der Waals surface area (Å²) in [5.74, 6) is 1.16. The van der Waals surface area contributed by atoms with E-state index in [-0.39, 0.29) is 0 Å². The van der Waals surface area contributed by atoms with E-state index in [1.807, 2.05) is 13.8 Å². The van der Waals surface area contributed by atoms with Gasteiger partial charge in [0, 0.05) is 11.3 Å². The first-order valence-electron chi connectivity index (χ1n) is 4.86. The van der Waals surface area contributed by atoms with E-state index >= 15 is 0 Å². The summed E-state index contributed by atoms with van der Waals surface area (Å²) in [6, 6.07) is 0. The molecular weight excluding hydrogens is 178 g/mol. The molecule has 4 heteroatoms. The average molecular weight is 195 g/mol. The van der Waals surface area contributed by atoms with Crippen LogP contribution in [0, 0.1) is 6.92 Å². The predicted octanol–water partition coefficient (Wildman–Crippen LogP) is 2.27. The number of aromatic nitrogens is 2. The topological polar surface area (TPSA) is 47.0 Å². The third kappa shape index (κ3) is 2.42. The minimum absolute atomic E-state index is 0.388. The van der Waals surface area contributed by atoms with Gasteiger partial charge in [0.2, 0.25) is 0 Å². The van der Waals surface area contributed by atoms with Gasteiger partial charge < -0.3 is 0 Å². The van der Waals surface area contributed by atoms with Crippen LogP contribution in [0.15, 0.2) is 6.33 Å². The lowest BCUT2D eigenvalue weighted by Crippen LogP contribution is -2.08. The van der Waals surface area contributed by atoms with Gasteiger partial charge in [-0.05, 0) is 19.8 Å². The van der Waals surface area contributed by atoms with E-state index in [1.165, 1.54) is 0 Å². The highest BCUT2D eigenvalue weighted by Gasteiger charge is 2.11. The Morgan fingerprint density at radius 1 is 1.43 bits per heavy atom. The highest BCUT2D eigenvalue weighted by molar-refractivity contribution is 5.45. The fraction of sp³-hybridized carbons (Fsp3) is 0.600. The van der Waals surface area contributed by atoms with Gasteiger partial charge in [0.05, 0.1) is 6.61 Å². The highest BCUT2D eigenvalue weighted by Crippen LogP contribution is 2.23. The third-order valence-electron chi connectivity index (χ3n) is 1.97. The molecular formula is C10H17N3O. The molecule has 0 amide bonds. The van der Waals surface area contributed by atoms with Crippen molar-refractivity contribution in [1.29, 1.82) is 0 Å². The zero-order valence-corrected chi connectivity index (χ0v) is 9.16. The Labute approximate surface area is 84.7 Å². The molecule has 0 unspecified atom stereocenters. The Morgan fingerprint density at radius 3 is 2.71 bits per heavy atom. The highest BCUT2D eigenvalue weighted by atomic mass is 16.6. The van der Waals surface area contributed by atoms with Crippen LogP contribution < -0.4 is 5.48 Å². The van der Waals surface area contributed by atoms with E-state index in [2.05, 4.69) is 29.3 Å². The standard InChI is InChI=1S/C10H17N3O/c1-5-14-13-10-9(7(2)3)8(4)11-6-12-10/h6-7H,5H2,1-4H3,(H,11,12,13). The van der Waals surface area contributed by atoms with Crippen LogP contribution in [0.25, 0.3) is 0 Å². The number of rotatable bonds is 4. The van der Waals surface area contributed by atoms with Crippen LogP contribution >= 0.6 is 0 Å². The number of aryl methyl sites for hydroxylation is 1. The summed E-state index contributed by atoms with van der Waals surface area (Å²) in [6.07, 6.45) is 1.54. The normalized spacial score (nSPS) is 10.6. The van der Waals surface area contributed by atoms with E-state index in [4.69, 9.17) is 4.84 Å². The van der Waals surface area contributed by atoms with Crippen molar-refractivity contribution < 1.29 is 4.84 Å². The van der Waals surface area contributed by atoms with E-state index in [0.29, 0.717) is 12.5 Å². The van der Waals surface area contributed by atoms with Gasteiger partial charge in [0.25, 0.3) is 0 Å². The van der Waals surface area contributed by atoms with Gasteiger partial charge in [-0.25, -0.2) is 15.4 Å². The first kappa shape index (κ1) is 10.9. The van der Waals surface area contributed by atoms with Crippen molar-refractivity contribution in [1.82, 2.24) is 9.97 Å². The van der Waals surface area contributed by atoms with Crippen LogP contribution in [0.2, 0.25) is 0 Å². The molecule has 1 rings (SSSR count). The molecule has 0 aliphatic rings. The van der Waals surface area contributed by atoms with Gasteiger partial charge >= 0.3 is 0 Å². The molecule has 0 saturated heterocycles. The van der Waals surface area contributed by atoms with E-state index in [0.717, 1.165) is 17.1 Å². The van der Waals surface area contributed by atoms with Gasteiger partial charge in [0.1, 0.15) is 6.33 Å². The summed E-state index contributed by atoms with van der Waals surface area (Å²) < 4.78 is 0. The van der Waals surface area contributed by atoms with Gasteiger partial charge in [-0.3, -0.25) is 4.84 Å². The summed E-state index contributed by atoms with van der Waals surface area (Å²) in [4.78, 5) is 13.4. The maximum atomic E-state index is 5.13. The SMILES string of the molecule is CCONc1ncnc(C)c1C(C)C. The van der Waals surface area contributed by atoms with E-state index in [1.54, 1.807) is 6.33 Å². The summed E-state index contributed by atoms with van der Waals surface area (Å²) in [5, 5.41) is 0. The molecule has 1 heterocycles. The number of nitrogens with one attached hydrogen (secondary N) is 1. The lowest BCUT2D eigenvalue weighted by molar-refractivity contribution is 0.208. The molecule has 1 N–H and O–H groups in total.